The van der Waals surface area contributed by atoms with Crippen LogP contribution in [0.1, 0.15) is 13.3 Å². The lowest BCUT2D eigenvalue weighted by Gasteiger charge is -2.07. The molecule has 19 heavy (non-hydrogen) atoms. The normalized spacial score (nSPS) is 10.2. The maximum absolute atomic E-state index is 10.9. The van der Waals surface area contributed by atoms with Gasteiger partial charge >= 0.3 is 0 Å². The SMILES string of the molecule is CCCNc1cc([N+](=O)[O-])cc(Nc2ccsc2)n1. The molecule has 0 unspecified atom stereocenters. The third-order valence-electron chi connectivity index (χ3n) is 2.37. The molecule has 0 atom stereocenters. The van der Waals surface area contributed by atoms with Crippen molar-refractivity contribution < 1.29 is 4.92 Å². The third-order valence-corrected chi connectivity index (χ3v) is 3.05. The highest BCUT2D eigenvalue weighted by atomic mass is 32.1. The number of aromatic nitrogens is 1. The monoisotopic (exact) mass is 278 g/mol. The highest BCUT2D eigenvalue weighted by molar-refractivity contribution is 7.08. The van der Waals surface area contributed by atoms with E-state index in [4.69, 9.17) is 0 Å². The molecule has 2 heterocycles. The smallest absolute Gasteiger partial charge is 0.276 e. The van der Waals surface area contributed by atoms with E-state index in [1.807, 2.05) is 23.8 Å². The number of anilines is 3. The molecular weight excluding hydrogens is 264 g/mol. The van der Waals surface area contributed by atoms with Crippen LogP contribution in [0.15, 0.2) is 29.0 Å². The minimum atomic E-state index is -0.419. The van der Waals surface area contributed by atoms with Gasteiger partial charge in [-0.05, 0) is 17.9 Å². The summed E-state index contributed by atoms with van der Waals surface area (Å²) in [5, 5.41) is 20.9. The number of nitro groups is 1. The predicted octanol–water partition coefficient (Wildman–Crippen LogP) is 3.62. The zero-order chi connectivity index (χ0) is 13.7. The predicted molar refractivity (Wildman–Crippen MR) is 77.3 cm³/mol. The lowest BCUT2D eigenvalue weighted by molar-refractivity contribution is -0.384. The molecule has 0 spiro atoms. The van der Waals surface area contributed by atoms with E-state index >= 15 is 0 Å². The van der Waals surface area contributed by atoms with Gasteiger partial charge in [0.15, 0.2) is 0 Å². The number of thiophene rings is 1. The highest BCUT2D eigenvalue weighted by Gasteiger charge is 2.11. The fourth-order valence-electron chi connectivity index (χ4n) is 1.51. The molecule has 0 aliphatic heterocycles. The van der Waals surface area contributed by atoms with Crippen LogP contribution in [0.2, 0.25) is 0 Å². The van der Waals surface area contributed by atoms with Crippen LogP contribution >= 0.6 is 11.3 Å². The standard InChI is InChI=1S/C12H14N4O2S/c1-2-4-13-11-6-10(16(17)18)7-12(15-11)14-9-3-5-19-8-9/h3,5-8H,2,4H2,1H3,(H2,13,14,15). The van der Waals surface area contributed by atoms with Gasteiger partial charge < -0.3 is 10.6 Å². The zero-order valence-electron chi connectivity index (χ0n) is 10.4. The molecule has 0 amide bonds. The molecule has 0 aliphatic carbocycles. The summed E-state index contributed by atoms with van der Waals surface area (Å²) in [5.41, 5.74) is 0.894. The van der Waals surface area contributed by atoms with Crippen LogP contribution in [0.4, 0.5) is 23.0 Å². The summed E-state index contributed by atoms with van der Waals surface area (Å²) in [6.07, 6.45) is 0.928. The number of hydrogen-bond donors (Lipinski definition) is 2. The second-order valence-corrected chi connectivity index (χ2v) is 4.70. The summed E-state index contributed by atoms with van der Waals surface area (Å²) in [6, 6.07) is 4.76. The van der Waals surface area contributed by atoms with Crippen LogP contribution in [0.3, 0.4) is 0 Å². The Morgan fingerprint density at radius 3 is 2.84 bits per heavy atom. The fourth-order valence-corrected chi connectivity index (χ4v) is 2.10. The van der Waals surface area contributed by atoms with Crippen LogP contribution in [0, 0.1) is 10.1 Å². The Hall–Kier alpha value is -2.15. The van der Waals surface area contributed by atoms with Crippen molar-refractivity contribution in [3.05, 3.63) is 39.1 Å². The molecule has 0 aromatic carbocycles. The Morgan fingerprint density at radius 2 is 2.21 bits per heavy atom. The number of rotatable bonds is 6. The van der Waals surface area contributed by atoms with Gasteiger partial charge in [-0.25, -0.2) is 4.98 Å². The lowest BCUT2D eigenvalue weighted by atomic mass is 10.3. The third kappa shape index (κ3) is 3.65. The molecule has 100 valence electrons. The van der Waals surface area contributed by atoms with Crippen LogP contribution in [0.5, 0.6) is 0 Å². The van der Waals surface area contributed by atoms with Gasteiger partial charge in [0.1, 0.15) is 11.6 Å². The average molecular weight is 278 g/mol. The molecule has 0 bridgehead atoms. The van der Waals surface area contributed by atoms with E-state index < -0.39 is 4.92 Å². The molecule has 2 N–H and O–H groups in total. The molecule has 0 saturated carbocycles. The van der Waals surface area contributed by atoms with Gasteiger partial charge in [-0.3, -0.25) is 10.1 Å². The average Bonchev–Trinajstić information content (AvgIpc) is 2.89. The number of hydrogen-bond acceptors (Lipinski definition) is 6. The largest absolute Gasteiger partial charge is 0.370 e. The summed E-state index contributed by atoms with van der Waals surface area (Å²) in [4.78, 5) is 14.8. The molecule has 0 aliphatic rings. The highest BCUT2D eigenvalue weighted by Crippen LogP contribution is 2.24. The first-order chi connectivity index (χ1) is 9.19. The van der Waals surface area contributed by atoms with Gasteiger partial charge in [0.25, 0.3) is 5.69 Å². The van der Waals surface area contributed by atoms with E-state index in [1.54, 1.807) is 11.3 Å². The minimum Gasteiger partial charge on any atom is -0.370 e. The van der Waals surface area contributed by atoms with Crippen molar-refractivity contribution in [2.75, 3.05) is 17.2 Å². The van der Waals surface area contributed by atoms with Gasteiger partial charge in [-0.1, -0.05) is 6.92 Å². The summed E-state index contributed by atoms with van der Waals surface area (Å²) >= 11 is 1.55. The van der Waals surface area contributed by atoms with Gasteiger partial charge in [-0.15, -0.1) is 0 Å². The Balaban J connectivity index is 2.25. The van der Waals surface area contributed by atoms with Gasteiger partial charge in [0, 0.05) is 11.9 Å². The maximum Gasteiger partial charge on any atom is 0.276 e. The zero-order valence-corrected chi connectivity index (χ0v) is 11.2. The van der Waals surface area contributed by atoms with Crippen LogP contribution in [-0.2, 0) is 0 Å². The Kier molecular flexibility index (Phi) is 4.30. The molecule has 0 fully saturated rings. The quantitative estimate of drug-likeness (QED) is 0.623. The molecular formula is C12H14N4O2S. The first kappa shape index (κ1) is 13.3. The van der Waals surface area contributed by atoms with Crippen molar-refractivity contribution in [3.8, 4) is 0 Å². The number of nitrogens with zero attached hydrogens (tertiary/aromatic N) is 2. The first-order valence-corrected chi connectivity index (χ1v) is 6.83. The molecule has 2 rings (SSSR count). The van der Waals surface area contributed by atoms with Crippen molar-refractivity contribution in [1.29, 1.82) is 0 Å². The van der Waals surface area contributed by atoms with Gasteiger partial charge in [-0.2, -0.15) is 11.3 Å². The number of nitrogens with one attached hydrogen (secondary N) is 2. The number of pyridine rings is 1. The van der Waals surface area contributed by atoms with Crippen molar-refractivity contribution in [1.82, 2.24) is 4.98 Å². The fraction of sp³-hybridized carbons (Fsp3) is 0.250. The van der Waals surface area contributed by atoms with Crippen molar-refractivity contribution in [3.63, 3.8) is 0 Å². The van der Waals surface area contributed by atoms with E-state index in [1.165, 1.54) is 12.1 Å². The van der Waals surface area contributed by atoms with Crippen LogP contribution in [0.25, 0.3) is 0 Å². The Bertz CT molecular complexity index is 557. The van der Waals surface area contributed by atoms with E-state index in [-0.39, 0.29) is 5.69 Å². The van der Waals surface area contributed by atoms with E-state index in [0.717, 1.165) is 18.7 Å². The Morgan fingerprint density at radius 1 is 1.42 bits per heavy atom. The molecule has 2 aromatic rings. The van der Waals surface area contributed by atoms with Crippen LogP contribution < -0.4 is 10.6 Å². The van der Waals surface area contributed by atoms with E-state index in [2.05, 4.69) is 15.6 Å². The molecule has 0 saturated heterocycles. The molecule has 0 radical (unpaired) electrons. The summed E-state index contributed by atoms with van der Waals surface area (Å²) in [5.74, 6) is 0.972. The second kappa shape index (κ2) is 6.14. The topological polar surface area (TPSA) is 80.1 Å². The maximum atomic E-state index is 10.9. The van der Waals surface area contributed by atoms with Crippen molar-refractivity contribution >= 4 is 34.3 Å². The Labute approximate surface area is 114 Å². The second-order valence-electron chi connectivity index (χ2n) is 3.92. The molecule has 6 nitrogen and oxygen atoms in total. The summed E-state index contributed by atoms with van der Waals surface area (Å²) in [7, 11) is 0. The minimum absolute atomic E-state index is 0.0198. The van der Waals surface area contributed by atoms with Crippen molar-refractivity contribution in [2.24, 2.45) is 0 Å². The van der Waals surface area contributed by atoms with Gasteiger partial charge in [0.2, 0.25) is 0 Å². The van der Waals surface area contributed by atoms with Crippen molar-refractivity contribution in [2.45, 2.75) is 13.3 Å². The first-order valence-electron chi connectivity index (χ1n) is 5.88. The van der Waals surface area contributed by atoms with Gasteiger partial charge in [0.05, 0.1) is 22.7 Å². The molecule has 7 heteroatoms. The van der Waals surface area contributed by atoms with E-state index in [9.17, 15) is 10.1 Å². The summed E-state index contributed by atoms with van der Waals surface area (Å²) < 4.78 is 0. The summed E-state index contributed by atoms with van der Waals surface area (Å²) in [6.45, 7) is 2.75. The van der Waals surface area contributed by atoms with Crippen LogP contribution in [-0.4, -0.2) is 16.5 Å². The van der Waals surface area contributed by atoms with E-state index in [0.29, 0.717) is 11.6 Å². The molecule has 2 aromatic heterocycles. The lowest BCUT2D eigenvalue weighted by Crippen LogP contribution is -2.04.